The highest BCUT2D eigenvalue weighted by Gasteiger charge is 2.31. The maximum Gasteiger partial charge on any atom is 0.0669 e. The average molecular weight is 278 g/mol. The predicted molar refractivity (Wildman–Crippen MR) is 83.8 cm³/mol. The third-order valence-corrected chi connectivity index (χ3v) is 4.50. The quantitative estimate of drug-likeness (QED) is 0.897. The maximum atomic E-state index is 4.65. The lowest BCUT2D eigenvalue weighted by atomic mass is 9.89. The molecule has 0 bridgehead atoms. The molecule has 0 spiro atoms. The van der Waals surface area contributed by atoms with Gasteiger partial charge in [-0.1, -0.05) is 20.3 Å². The highest BCUT2D eigenvalue weighted by atomic mass is 15.3. The van der Waals surface area contributed by atoms with Gasteiger partial charge in [0.2, 0.25) is 0 Å². The van der Waals surface area contributed by atoms with Crippen LogP contribution in [0.2, 0.25) is 0 Å². The molecule has 2 unspecified atom stereocenters. The molecule has 4 nitrogen and oxygen atoms in total. The number of aromatic nitrogens is 2. The van der Waals surface area contributed by atoms with Gasteiger partial charge >= 0.3 is 0 Å². The highest BCUT2D eigenvalue weighted by Crippen LogP contribution is 2.35. The minimum atomic E-state index is 0.514. The molecule has 0 saturated carbocycles. The van der Waals surface area contributed by atoms with Crippen LogP contribution in [0.1, 0.15) is 50.4 Å². The Balaban J connectivity index is 2.29. The number of nitrogens with one attached hydrogen (secondary N) is 1. The summed E-state index contributed by atoms with van der Waals surface area (Å²) in [4.78, 5) is 2.55. The predicted octanol–water partition coefficient (Wildman–Crippen LogP) is 2.37. The Labute approximate surface area is 123 Å². The molecule has 1 aliphatic heterocycles. The summed E-state index contributed by atoms with van der Waals surface area (Å²) in [6.45, 7) is 7.77. The number of nitrogens with zero attached hydrogens (tertiary/aromatic N) is 3. The van der Waals surface area contributed by atoms with Crippen LogP contribution in [-0.2, 0) is 13.5 Å². The number of hydrogen-bond donors (Lipinski definition) is 1. The van der Waals surface area contributed by atoms with Crippen molar-refractivity contribution in [2.24, 2.45) is 13.0 Å². The van der Waals surface area contributed by atoms with Crippen molar-refractivity contribution in [2.75, 3.05) is 26.7 Å². The minimum Gasteiger partial charge on any atom is -0.317 e. The molecule has 1 aromatic heterocycles. The Bertz CT molecular complexity index is 413. The zero-order valence-corrected chi connectivity index (χ0v) is 13.5. The number of rotatable bonds is 5. The first-order valence-electron chi connectivity index (χ1n) is 8.10. The second-order valence-electron chi connectivity index (χ2n) is 6.05. The SMILES string of the molecule is CCNCC1CCCCN(C)C1c1cn(C)nc1CC. The Morgan fingerprint density at radius 3 is 2.80 bits per heavy atom. The van der Waals surface area contributed by atoms with E-state index in [1.165, 1.54) is 37.1 Å². The third-order valence-electron chi connectivity index (χ3n) is 4.50. The summed E-state index contributed by atoms with van der Waals surface area (Å²) in [5.41, 5.74) is 2.72. The fraction of sp³-hybridized carbons (Fsp3) is 0.812. The smallest absolute Gasteiger partial charge is 0.0669 e. The first kappa shape index (κ1) is 15.5. The molecule has 114 valence electrons. The van der Waals surface area contributed by atoms with Crippen molar-refractivity contribution >= 4 is 0 Å². The van der Waals surface area contributed by atoms with Crippen molar-refractivity contribution < 1.29 is 0 Å². The van der Waals surface area contributed by atoms with Crippen LogP contribution in [0.3, 0.4) is 0 Å². The van der Waals surface area contributed by atoms with Crippen molar-refractivity contribution in [2.45, 2.75) is 45.6 Å². The van der Waals surface area contributed by atoms with E-state index in [2.05, 4.69) is 42.4 Å². The van der Waals surface area contributed by atoms with E-state index in [0.717, 1.165) is 19.5 Å². The number of likely N-dealkylation sites (tertiary alicyclic amines) is 1. The van der Waals surface area contributed by atoms with Crippen molar-refractivity contribution in [3.05, 3.63) is 17.5 Å². The summed E-state index contributed by atoms with van der Waals surface area (Å²) >= 11 is 0. The molecule has 1 aliphatic rings. The van der Waals surface area contributed by atoms with Gasteiger partial charge in [0.25, 0.3) is 0 Å². The first-order chi connectivity index (χ1) is 9.67. The lowest BCUT2D eigenvalue weighted by molar-refractivity contribution is 0.188. The Hall–Kier alpha value is -0.870. The lowest BCUT2D eigenvalue weighted by Crippen LogP contribution is -2.35. The van der Waals surface area contributed by atoms with Crippen LogP contribution in [-0.4, -0.2) is 41.4 Å². The monoisotopic (exact) mass is 278 g/mol. The zero-order chi connectivity index (χ0) is 14.5. The van der Waals surface area contributed by atoms with Gasteiger partial charge in [-0.15, -0.1) is 0 Å². The molecule has 0 aliphatic carbocycles. The van der Waals surface area contributed by atoms with Crippen LogP contribution in [0.4, 0.5) is 0 Å². The molecule has 1 fully saturated rings. The fourth-order valence-corrected chi connectivity index (χ4v) is 3.53. The van der Waals surface area contributed by atoms with E-state index in [-0.39, 0.29) is 0 Å². The van der Waals surface area contributed by atoms with Gasteiger partial charge in [0.15, 0.2) is 0 Å². The van der Waals surface area contributed by atoms with Gasteiger partial charge in [-0.3, -0.25) is 9.58 Å². The van der Waals surface area contributed by atoms with Crippen molar-refractivity contribution in [3.63, 3.8) is 0 Å². The van der Waals surface area contributed by atoms with E-state index in [0.29, 0.717) is 12.0 Å². The Morgan fingerprint density at radius 1 is 1.30 bits per heavy atom. The summed E-state index contributed by atoms with van der Waals surface area (Å²) in [7, 11) is 4.32. The van der Waals surface area contributed by atoms with E-state index >= 15 is 0 Å². The highest BCUT2D eigenvalue weighted by molar-refractivity contribution is 5.23. The van der Waals surface area contributed by atoms with Crippen molar-refractivity contribution in [1.29, 1.82) is 0 Å². The molecule has 0 amide bonds. The summed E-state index contributed by atoms with van der Waals surface area (Å²) in [5.74, 6) is 0.692. The molecule has 1 aromatic rings. The van der Waals surface area contributed by atoms with E-state index in [4.69, 9.17) is 0 Å². The molecular formula is C16H30N4. The summed E-state index contributed by atoms with van der Waals surface area (Å²) in [6, 6.07) is 0.514. The fourth-order valence-electron chi connectivity index (χ4n) is 3.53. The van der Waals surface area contributed by atoms with Gasteiger partial charge in [0.05, 0.1) is 5.69 Å². The molecule has 2 atom stereocenters. The van der Waals surface area contributed by atoms with Crippen LogP contribution in [0.15, 0.2) is 6.20 Å². The molecule has 1 N–H and O–H groups in total. The van der Waals surface area contributed by atoms with Gasteiger partial charge < -0.3 is 5.32 Å². The number of hydrogen-bond acceptors (Lipinski definition) is 3. The maximum absolute atomic E-state index is 4.65. The topological polar surface area (TPSA) is 33.1 Å². The second-order valence-corrected chi connectivity index (χ2v) is 6.05. The standard InChI is InChI=1S/C16H30N4/c1-5-15-14(12-20(4)18-15)16-13(11-17-6-2)9-7-8-10-19(16)3/h12-13,16-17H,5-11H2,1-4H3. The van der Waals surface area contributed by atoms with Gasteiger partial charge in [0.1, 0.15) is 0 Å². The molecular weight excluding hydrogens is 248 g/mol. The van der Waals surface area contributed by atoms with Crippen LogP contribution < -0.4 is 5.32 Å². The molecule has 1 saturated heterocycles. The van der Waals surface area contributed by atoms with Crippen molar-refractivity contribution in [3.8, 4) is 0 Å². The number of aryl methyl sites for hydroxylation is 2. The normalized spacial score (nSPS) is 24.8. The molecule has 4 heteroatoms. The summed E-state index contributed by atoms with van der Waals surface area (Å²) < 4.78 is 1.98. The van der Waals surface area contributed by atoms with Crippen LogP contribution >= 0.6 is 0 Å². The van der Waals surface area contributed by atoms with Crippen molar-refractivity contribution in [1.82, 2.24) is 20.0 Å². The van der Waals surface area contributed by atoms with Gasteiger partial charge in [-0.25, -0.2) is 0 Å². The van der Waals surface area contributed by atoms with E-state index in [1.54, 1.807) is 0 Å². The third kappa shape index (κ3) is 3.41. The molecule has 2 rings (SSSR count). The molecule has 2 heterocycles. The first-order valence-corrected chi connectivity index (χ1v) is 8.10. The van der Waals surface area contributed by atoms with E-state index < -0.39 is 0 Å². The van der Waals surface area contributed by atoms with Crippen LogP contribution in [0, 0.1) is 5.92 Å². The minimum absolute atomic E-state index is 0.514. The lowest BCUT2D eigenvalue weighted by Gasteiger charge is -2.32. The molecule has 20 heavy (non-hydrogen) atoms. The van der Waals surface area contributed by atoms with Crippen LogP contribution in [0.5, 0.6) is 0 Å². The van der Waals surface area contributed by atoms with E-state index in [1.807, 2.05) is 11.7 Å². The second kappa shape index (κ2) is 7.23. The van der Waals surface area contributed by atoms with E-state index in [9.17, 15) is 0 Å². The van der Waals surface area contributed by atoms with Crippen LogP contribution in [0.25, 0.3) is 0 Å². The van der Waals surface area contributed by atoms with Gasteiger partial charge in [0, 0.05) is 24.8 Å². The Morgan fingerprint density at radius 2 is 2.10 bits per heavy atom. The average Bonchev–Trinajstić information content (AvgIpc) is 2.70. The van der Waals surface area contributed by atoms with Gasteiger partial charge in [-0.05, 0) is 51.9 Å². The summed E-state index contributed by atoms with van der Waals surface area (Å²) in [6.07, 6.45) is 7.24. The summed E-state index contributed by atoms with van der Waals surface area (Å²) in [5, 5.41) is 8.21. The molecule has 0 aromatic carbocycles. The Kier molecular flexibility index (Phi) is 5.61. The largest absolute Gasteiger partial charge is 0.317 e. The van der Waals surface area contributed by atoms with Gasteiger partial charge in [-0.2, -0.15) is 5.10 Å². The molecule has 0 radical (unpaired) electrons. The zero-order valence-electron chi connectivity index (χ0n) is 13.5.